The summed E-state index contributed by atoms with van der Waals surface area (Å²) in [6.07, 6.45) is -15.7. The third-order valence-corrected chi connectivity index (χ3v) is 7.74. The lowest BCUT2D eigenvalue weighted by atomic mass is 9.79. The minimum Gasteiger partial charge on any atom is -0.508 e. The van der Waals surface area contributed by atoms with Crippen LogP contribution in [0.2, 0.25) is 0 Å². The van der Waals surface area contributed by atoms with E-state index >= 15 is 0 Å². The molecular formula is C28H30O17. The van der Waals surface area contributed by atoms with Gasteiger partial charge in [-0.25, -0.2) is 4.79 Å². The van der Waals surface area contributed by atoms with E-state index in [1.165, 1.54) is 24.3 Å². The summed E-state index contributed by atoms with van der Waals surface area (Å²) in [6, 6.07) is 5.78. The molecule has 0 bridgehead atoms. The van der Waals surface area contributed by atoms with E-state index in [9.17, 15) is 65.8 Å². The second kappa shape index (κ2) is 12.0. The summed E-state index contributed by atoms with van der Waals surface area (Å²) in [5.74, 6) is -5.28. The van der Waals surface area contributed by atoms with Gasteiger partial charge in [-0.3, -0.25) is 4.79 Å². The number of hydrogen-bond donors (Lipinski definition) is 11. The fraction of sp³-hybridized carbons (Fsp3) is 0.429. The number of rotatable bonds is 6. The highest BCUT2D eigenvalue weighted by atomic mass is 16.7. The molecule has 1 saturated carbocycles. The first kappa shape index (κ1) is 32.2. The highest BCUT2D eigenvalue weighted by molar-refractivity contribution is 5.93. The summed E-state index contributed by atoms with van der Waals surface area (Å²) in [7, 11) is 0. The lowest BCUT2D eigenvalue weighted by Crippen LogP contribution is -2.61. The first-order valence-corrected chi connectivity index (χ1v) is 13.5. The van der Waals surface area contributed by atoms with Gasteiger partial charge in [-0.15, -0.1) is 0 Å². The quantitative estimate of drug-likeness (QED) is 0.0992. The molecule has 1 saturated heterocycles. The Hall–Kier alpha value is -4.20. The number of carbonyl (C=O) groups is 1. The van der Waals surface area contributed by atoms with Crippen molar-refractivity contribution in [3.63, 3.8) is 0 Å². The number of hydrogen-bond acceptors (Lipinski definition) is 17. The molecule has 3 aromatic rings. The summed E-state index contributed by atoms with van der Waals surface area (Å²) < 4.78 is 21.4. The van der Waals surface area contributed by atoms with Gasteiger partial charge >= 0.3 is 5.97 Å². The molecule has 45 heavy (non-hydrogen) atoms. The first-order valence-electron chi connectivity index (χ1n) is 13.5. The van der Waals surface area contributed by atoms with Crippen LogP contribution >= 0.6 is 0 Å². The number of carbonyl (C=O) groups excluding carboxylic acids is 1. The van der Waals surface area contributed by atoms with Gasteiger partial charge in [-0.2, -0.15) is 0 Å². The van der Waals surface area contributed by atoms with E-state index in [-0.39, 0.29) is 11.3 Å². The Morgan fingerprint density at radius 2 is 1.49 bits per heavy atom. The van der Waals surface area contributed by atoms with Crippen molar-refractivity contribution in [2.45, 2.75) is 67.5 Å². The predicted octanol–water partition coefficient (Wildman–Crippen LogP) is -2.38. The maximum absolute atomic E-state index is 12.9. The van der Waals surface area contributed by atoms with Crippen LogP contribution in [0.1, 0.15) is 12.8 Å². The zero-order chi connectivity index (χ0) is 33.0. The van der Waals surface area contributed by atoms with Gasteiger partial charge in [0.05, 0.1) is 12.2 Å². The lowest BCUT2D eigenvalue weighted by Gasteiger charge is -2.41. The number of ether oxygens (including phenoxy) is 3. The van der Waals surface area contributed by atoms with E-state index in [4.69, 9.17) is 18.6 Å². The average molecular weight is 639 g/mol. The van der Waals surface area contributed by atoms with Crippen LogP contribution in [0.5, 0.6) is 28.7 Å². The van der Waals surface area contributed by atoms with Crippen LogP contribution in [0.25, 0.3) is 22.3 Å². The third kappa shape index (κ3) is 5.83. The molecule has 2 aliphatic rings. The van der Waals surface area contributed by atoms with Gasteiger partial charge in [0.25, 0.3) is 0 Å². The molecular weight excluding hydrogens is 608 g/mol. The topological polar surface area (TPSA) is 298 Å². The Balaban J connectivity index is 1.39. The van der Waals surface area contributed by atoms with E-state index in [2.05, 4.69) is 0 Å². The van der Waals surface area contributed by atoms with Crippen molar-refractivity contribution in [1.29, 1.82) is 0 Å². The normalized spacial score (nSPS) is 31.9. The molecule has 0 spiro atoms. The molecule has 7 atom stereocenters. The van der Waals surface area contributed by atoms with Gasteiger partial charge in [-0.05, 0) is 24.3 Å². The number of aliphatic hydroxyl groups excluding tert-OH is 6. The molecule has 2 aromatic carbocycles. The second-order valence-electron chi connectivity index (χ2n) is 10.9. The Morgan fingerprint density at radius 3 is 2.11 bits per heavy atom. The summed E-state index contributed by atoms with van der Waals surface area (Å²) in [5.41, 5.74) is -4.12. The smallest absolute Gasteiger partial charge is 0.338 e. The van der Waals surface area contributed by atoms with Crippen LogP contribution in [-0.2, 0) is 14.3 Å². The number of esters is 1. The van der Waals surface area contributed by atoms with E-state index < -0.39 is 125 Å². The molecule has 2 heterocycles. The average Bonchev–Trinajstić information content (AvgIpc) is 2.99. The number of fused-ring (bicyclic) bond motifs is 1. The number of benzene rings is 2. The summed E-state index contributed by atoms with van der Waals surface area (Å²) >= 11 is 0. The van der Waals surface area contributed by atoms with Crippen molar-refractivity contribution in [1.82, 2.24) is 0 Å². The Bertz CT molecular complexity index is 1620. The van der Waals surface area contributed by atoms with E-state index in [1.54, 1.807) is 0 Å². The van der Waals surface area contributed by atoms with Crippen molar-refractivity contribution < 1.29 is 79.6 Å². The van der Waals surface area contributed by atoms with E-state index in [1.807, 2.05) is 0 Å². The zero-order valence-corrected chi connectivity index (χ0v) is 23.0. The van der Waals surface area contributed by atoms with Gasteiger partial charge in [0.15, 0.2) is 22.7 Å². The SMILES string of the molecule is O=C(OC[C@H]1O[C@@H](Oc2cc(O)c3c(=O)c(O)c(-c4ccc(O)cc4)oc3c2O)[C@H](O)[C@@H](O)[C@@H]1O)C1(O)C[C@@H](O)C(O)[C@H](O)C1. The van der Waals surface area contributed by atoms with Crippen LogP contribution in [0.4, 0.5) is 0 Å². The molecule has 17 nitrogen and oxygen atoms in total. The Morgan fingerprint density at radius 1 is 0.867 bits per heavy atom. The second-order valence-corrected chi connectivity index (χ2v) is 10.9. The summed E-state index contributed by atoms with van der Waals surface area (Å²) in [5, 5.41) is 112. The Labute approximate surface area is 251 Å². The first-order chi connectivity index (χ1) is 21.1. The highest BCUT2D eigenvalue weighted by Crippen LogP contribution is 2.43. The standard InChI is InChI=1S/C28H30O17/c29-10-3-1-9(2-4-10)24-22(38)20(36)16-11(30)5-14(19(35)25(16)45-24)43-26-23(39)21(37)18(34)15(44-26)8-42-27(40)28(41)6-12(31)17(33)13(32)7-28/h1-5,12-13,15,17-18,21,23,26,29-35,37-39,41H,6-8H2/t12-,13-,15-,17?,18-,21+,23-,26-,28?/m1/s1. The van der Waals surface area contributed by atoms with Crippen molar-refractivity contribution in [2.75, 3.05) is 6.61 Å². The van der Waals surface area contributed by atoms with Crippen molar-refractivity contribution in [3.05, 3.63) is 40.6 Å². The van der Waals surface area contributed by atoms with Gasteiger partial charge < -0.3 is 74.8 Å². The number of aliphatic hydroxyl groups is 7. The molecule has 244 valence electrons. The van der Waals surface area contributed by atoms with Crippen molar-refractivity contribution in [2.24, 2.45) is 0 Å². The molecule has 0 amide bonds. The maximum atomic E-state index is 12.9. The fourth-order valence-electron chi connectivity index (χ4n) is 5.21. The van der Waals surface area contributed by atoms with Crippen molar-refractivity contribution >= 4 is 16.9 Å². The van der Waals surface area contributed by atoms with E-state index in [0.29, 0.717) is 0 Å². The third-order valence-electron chi connectivity index (χ3n) is 7.74. The van der Waals surface area contributed by atoms with Crippen molar-refractivity contribution in [3.8, 4) is 40.1 Å². The summed E-state index contributed by atoms with van der Waals surface area (Å²) in [4.78, 5) is 25.5. The molecule has 17 heteroatoms. The lowest BCUT2D eigenvalue weighted by molar-refractivity contribution is -0.280. The van der Waals surface area contributed by atoms with Gasteiger partial charge in [0.2, 0.25) is 23.2 Å². The molecule has 0 radical (unpaired) electrons. The monoisotopic (exact) mass is 638 g/mol. The number of phenolic OH excluding ortho intramolecular Hbond substituents is 3. The fourth-order valence-corrected chi connectivity index (χ4v) is 5.21. The number of aromatic hydroxyl groups is 4. The molecule has 11 N–H and O–H groups in total. The molecule has 1 aliphatic carbocycles. The Kier molecular flexibility index (Phi) is 8.55. The molecule has 1 aliphatic heterocycles. The van der Waals surface area contributed by atoms with Gasteiger partial charge in [-0.1, -0.05) is 0 Å². The van der Waals surface area contributed by atoms with Crippen LogP contribution in [0, 0.1) is 0 Å². The molecule has 1 aromatic heterocycles. The van der Waals surface area contributed by atoms with Gasteiger partial charge in [0, 0.05) is 24.5 Å². The molecule has 5 rings (SSSR count). The van der Waals surface area contributed by atoms with Crippen LogP contribution in [0.3, 0.4) is 0 Å². The minimum atomic E-state index is -2.42. The van der Waals surface area contributed by atoms with Crippen LogP contribution < -0.4 is 10.2 Å². The van der Waals surface area contributed by atoms with Crippen LogP contribution in [-0.4, -0.2) is 123 Å². The number of phenols is 3. The van der Waals surface area contributed by atoms with Gasteiger partial charge in [0.1, 0.15) is 54.0 Å². The summed E-state index contributed by atoms with van der Waals surface area (Å²) in [6.45, 7) is -0.861. The molecule has 2 fully saturated rings. The molecule has 0 unspecified atom stereocenters. The highest BCUT2D eigenvalue weighted by Gasteiger charge is 2.51. The predicted molar refractivity (Wildman–Crippen MR) is 145 cm³/mol. The maximum Gasteiger partial charge on any atom is 0.338 e. The zero-order valence-electron chi connectivity index (χ0n) is 23.0. The van der Waals surface area contributed by atoms with E-state index in [0.717, 1.165) is 6.07 Å². The van der Waals surface area contributed by atoms with Crippen LogP contribution in [0.15, 0.2) is 39.5 Å². The largest absolute Gasteiger partial charge is 0.508 e. The minimum absolute atomic E-state index is 0.105.